The molecule has 7 nitrogen and oxygen atoms in total. The fourth-order valence-corrected chi connectivity index (χ4v) is 3.64. The lowest BCUT2D eigenvalue weighted by Crippen LogP contribution is -2.50. The molecule has 2 aromatic carbocycles. The highest BCUT2D eigenvalue weighted by atomic mass is 16.5. The van der Waals surface area contributed by atoms with Gasteiger partial charge >= 0.3 is 5.97 Å². The number of Topliss-reactive ketones (excluding diaryl/α,β-unsaturated/α-hetero) is 2. The zero-order chi connectivity index (χ0) is 22.6. The summed E-state index contributed by atoms with van der Waals surface area (Å²) in [7, 11) is 1.52. The van der Waals surface area contributed by atoms with Crippen LogP contribution in [0.2, 0.25) is 0 Å². The van der Waals surface area contributed by atoms with E-state index in [0.29, 0.717) is 11.3 Å². The van der Waals surface area contributed by atoms with Gasteiger partial charge in [0, 0.05) is 17.8 Å². The number of hydrogen-bond acceptors (Lipinski definition) is 7. The smallest absolute Gasteiger partial charge is 0.343 e. The summed E-state index contributed by atoms with van der Waals surface area (Å²) in [5, 5.41) is 11.5. The lowest BCUT2D eigenvalue weighted by atomic mass is 9.95. The summed E-state index contributed by atoms with van der Waals surface area (Å²) < 4.78 is 10.1. The number of ketones is 2. The normalized spacial score (nSPS) is 18.3. The second-order valence-corrected chi connectivity index (χ2v) is 7.23. The minimum absolute atomic E-state index is 0.0881. The van der Waals surface area contributed by atoms with Crippen molar-refractivity contribution in [3.05, 3.63) is 77.0 Å². The summed E-state index contributed by atoms with van der Waals surface area (Å²) in [5.74, 6) is -1.49. The van der Waals surface area contributed by atoms with Crippen LogP contribution >= 0.6 is 0 Å². The van der Waals surface area contributed by atoms with Crippen LogP contribution < -0.4 is 4.74 Å². The third kappa shape index (κ3) is 4.36. The summed E-state index contributed by atoms with van der Waals surface area (Å²) in [4.78, 5) is 40.0. The first-order chi connectivity index (χ1) is 14.8. The van der Waals surface area contributed by atoms with Gasteiger partial charge in [0.2, 0.25) is 11.5 Å². The summed E-state index contributed by atoms with van der Waals surface area (Å²) in [5.41, 5.74) is -1.02. The van der Waals surface area contributed by atoms with Crippen LogP contribution in [0.3, 0.4) is 0 Å². The number of hydrogen-bond donors (Lipinski definition) is 1. The van der Waals surface area contributed by atoms with Crippen molar-refractivity contribution < 1.29 is 29.0 Å². The van der Waals surface area contributed by atoms with Crippen molar-refractivity contribution in [1.29, 1.82) is 0 Å². The van der Waals surface area contributed by atoms with E-state index in [1.54, 1.807) is 38.1 Å². The first-order valence-corrected chi connectivity index (χ1v) is 9.95. The van der Waals surface area contributed by atoms with Crippen molar-refractivity contribution in [2.45, 2.75) is 32.5 Å². The summed E-state index contributed by atoms with van der Waals surface area (Å²) in [6, 6.07) is 15.6. The van der Waals surface area contributed by atoms with E-state index in [2.05, 4.69) is 0 Å². The molecule has 0 fully saturated rings. The number of benzene rings is 2. The van der Waals surface area contributed by atoms with Gasteiger partial charge < -0.3 is 19.5 Å². The molecular formula is C24H25NO6. The highest BCUT2D eigenvalue weighted by molar-refractivity contribution is 6.23. The molecule has 7 heteroatoms. The van der Waals surface area contributed by atoms with Gasteiger partial charge in [-0.25, -0.2) is 4.79 Å². The third-order valence-corrected chi connectivity index (χ3v) is 5.29. The number of esters is 1. The van der Waals surface area contributed by atoms with Crippen LogP contribution in [0.4, 0.5) is 0 Å². The number of carbonyl (C=O) groups is 3. The number of nitrogens with zero attached hydrogens (tertiary/aromatic N) is 1. The average molecular weight is 423 g/mol. The predicted octanol–water partition coefficient (Wildman–Crippen LogP) is 2.88. The first kappa shape index (κ1) is 22.2. The first-order valence-electron chi connectivity index (χ1n) is 9.95. The molecule has 1 heterocycles. The number of aliphatic hydroxyl groups is 1. The van der Waals surface area contributed by atoms with E-state index in [1.807, 2.05) is 30.3 Å². The van der Waals surface area contributed by atoms with Crippen molar-refractivity contribution in [2.75, 3.05) is 13.7 Å². The highest BCUT2D eigenvalue weighted by Gasteiger charge is 2.53. The van der Waals surface area contributed by atoms with Crippen molar-refractivity contribution >= 4 is 17.5 Å². The summed E-state index contributed by atoms with van der Waals surface area (Å²) in [6.45, 7) is 3.44. The van der Waals surface area contributed by atoms with E-state index in [1.165, 1.54) is 12.0 Å². The van der Waals surface area contributed by atoms with Crippen molar-refractivity contribution in [3.63, 3.8) is 0 Å². The maximum absolute atomic E-state index is 13.2. The average Bonchev–Trinajstić information content (AvgIpc) is 2.95. The molecule has 0 aromatic heterocycles. The topological polar surface area (TPSA) is 93.1 Å². The van der Waals surface area contributed by atoms with Crippen LogP contribution in [0.25, 0.3) is 0 Å². The molecular weight excluding hydrogens is 398 g/mol. The SMILES string of the molecule is CCOC(=O)C1=C(C)N(Cc2ccccc2)C(O)(CC(=O)c2ccc(OC)cc2)C1=O. The Labute approximate surface area is 180 Å². The number of methoxy groups -OCH3 is 1. The summed E-state index contributed by atoms with van der Waals surface area (Å²) in [6.07, 6.45) is -0.509. The van der Waals surface area contributed by atoms with Crippen LogP contribution in [0.5, 0.6) is 5.75 Å². The van der Waals surface area contributed by atoms with Gasteiger partial charge in [0.05, 0.1) is 20.1 Å². The molecule has 1 aliphatic heterocycles. The highest BCUT2D eigenvalue weighted by Crippen LogP contribution is 2.37. The molecule has 1 aliphatic rings. The van der Waals surface area contributed by atoms with E-state index < -0.39 is 29.7 Å². The van der Waals surface area contributed by atoms with E-state index in [9.17, 15) is 19.5 Å². The second-order valence-electron chi connectivity index (χ2n) is 7.23. The van der Waals surface area contributed by atoms with Crippen LogP contribution in [-0.4, -0.2) is 47.0 Å². The van der Waals surface area contributed by atoms with E-state index in [0.717, 1.165) is 5.56 Å². The molecule has 0 amide bonds. The van der Waals surface area contributed by atoms with Gasteiger partial charge in [-0.2, -0.15) is 0 Å². The minimum atomic E-state index is -2.20. The quantitative estimate of drug-likeness (QED) is 0.396. The molecule has 1 unspecified atom stereocenters. The number of allylic oxidation sites excluding steroid dienone is 1. The molecule has 0 saturated heterocycles. The van der Waals surface area contributed by atoms with Crippen LogP contribution in [0.1, 0.15) is 36.2 Å². The Bertz CT molecular complexity index is 1010. The Hall–Kier alpha value is -3.45. The predicted molar refractivity (Wildman–Crippen MR) is 113 cm³/mol. The van der Waals surface area contributed by atoms with Crippen molar-refractivity contribution in [3.8, 4) is 5.75 Å². The number of ether oxygens (including phenoxy) is 2. The van der Waals surface area contributed by atoms with E-state index >= 15 is 0 Å². The van der Waals surface area contributed by atoms with E-state index in [4.69, 9.17) is 9.47 Å². The van der Waals surface area contributed by atoms with Gasteiger partial charge in [0.1, 0.15) is 11.3 Å². The summed E-state index contributed by atoms with van der Waals surface area (Å²) >= 11 is 0. The third-order valence-electron chi connectivity index (χ3n) is 5.29. The van der Waals surface area contributed by atoms with Gasteiger partial charge in [-0.05, 0) is 43.7 Å². The van der Waals surface area contributed by atoms with Gasteiger partial charge in [-0.1, -0.05) is 30.3 Å². The maximum atomic E-state index is 13.2. The molecule has 162 valence electrons. The molecule has 0 aliphatic carbocycles. The molecule has 31 heavy (non-hydrogen) atoms. The monoisotopic (exact) mass is 423 g/mol. The molecule has 2 aromatic rings. The Balaban J connectivity index is 1.96. The van der Waals surface area contributed by atoms with Crippen LogP contribution in [0, 0.1) is 0 Å². The lowest BCUT2D eigenvalue weighted by molar-refractivity contribution is -0.151. The molecule has 0 spiro atoms. The Morgan fingerprint density at radius 3 is 2.29 bits per heavy atom. The van der Waals surface area contributed by atoms with Crippen LogP contribution in [0.15, 0.2) is 65.9 Å². The van der Waals surface area contributed by atoms with Gasteiger partial charge in [-0.3, -0.25) is 9.59 Å². The molecule has 0 bridgehead atoms. The molecule has 1 N–H and O–H groups in total. The second kappa shape index (κ2) is 9.14. The lowest BCUT2D eigenvalue weighted by Gasteiger charge is -2.35. The maximum Gasteiger partial charge on any atom is 0.343 e. The van der Waals surface area contributed by atoms with Crippen LogP contribution in [-0.2, 0) is 20.9 Å². The van der Waals surface area contributed by atoms with Crippen molar-refractivity contribution in [1.82, 2.24) is 4.90 Å². The van der Waals surface area contributed by atoms with Crippen molar-refractivity contribution in [2.24, 2.45) is 0 Å². The number of carbonyl (C=O) groups excluding carboxylic acids is 3. The fraction of sp³-hybridized carbons (Fsp3) is 0.292. The van der Waals surface area contributed by atoms with E-state index in [-0.39, 0.29) is 24.4 Å². The molecule has 1 atom stereocenters. The Morgan fingerprint density at radius 2 is 1.71 bits per heavy atom. The molecule has 3 rings (SSSR count). The Morgan fingerprint density at radius 1 is 1.06 bits per heavy atom. The fourth-order valence-electron chi connectivity index (χ4n) is 3.64. The van der Waals surface area contributed by atoms with Gasteiger partial charge in [0.25, 0.3) is 0 Å². The van der Waals surface area contributed by atoms with Gasteiger partial charge in [0.15, 0.2) is 5.78 Å². The standard InChI is InChI=1S/C24H25NO6/c1-4-31-23(28)21-16(2)25(15-17-8-6-5-7-9-17)24(29,22(21)27)14-20(26)18-10-12-19(30-3)13-11-18/h5-13,29H,4,14-15H2,1-3H3. The largest absolute Gasteiger partial charge is 0.497 e. The molecule has 0 saturated carbocycles. The zero-order valence-corrected chi connectivity index (χ0v) is 17.8. The Kier molecular flexibility index (Phi) is 6.56. The molecule has 0 radical (unpaired) electrons. The minimum Gasteiger partial charge on any atom is -0.497 e. The zero-order valence-electron chi connectivity index (χ0n) is 17.8. The number of rotatable bonds is 8. The van der Waals surface area contributed by atoms with Gasteiger partial charge in [-0.15, -0.1) is 0 Å².